The highest BCUT2D eigenvalue weighted by molar-refractivity contribution is 5.77. The van der Waals surface area contributed by atoms with E-state index in [1.165, 1.54) is 5.56 Å². The third-order valence-electron chi connectivity index (χ3n) is 3.55. The fourth-order valence-electron chi connectivity index (χ4n) is 2.24. The van der Waals surface area contributed by atoms with Gasteiger partial charge in [0.1, 0.15) is 6.61 Å². The summed E-state index contributed by atoms with van der Waals surface area (Å²) >= 11 is 0. The normalized spacial score (nSPS) is 12.2. The molecule has 0 fully saturated rings. The lowest BCUT2D eigenvalue weighted by Crippen LogP contribution is -2.33. The Hall–Kier alpha value is -2.54. The van der Waals surface area contributed by atoms with E-state index in [0.29, 0.717) is 24.6 Å². The van der Waals surface area contributed by atoms with Crippen molar-refractivity contribution in [1.29, 1.82) is 0 Å². The molecule has 0 aliphatic rings. The van der Waals surface area contributed by atoms with E-state index in [1.807, 2.05) is 18.2 Å². The van der Waals surface area contributed by atoms with Crippen molar-refractivity contribution < 1.29 is 17.9 Å². The second-order valence-electron chi connectivity index (χ2n) is 5.79. The zero-order valence-electron chi connectivity index (χ0n) is 14.3. The first-order valence-corrected chi connectivity index (χ1v) is 8.22. The molecule has 0 atom stereocenters. The summed E-state index contributed by atoms with van der Waals surface area (Å²) in [5.41, 5.74) is 8.64. The van der Waals surface area contributed by atoms with Crippen LogP contribution in [0.4, 0.5) is 13.2 Å². The predicted octanol–water partition coefficient (Wildman–Crippen LogP) is 3.41. The molecule has 0 aliphatic carbocycles. The van der Waals surface area contributed by atoms with Gasteiger partial charge in [-0.1, -0.05) is 54.6 Å². The van der Waals surface area contributed by atoms with Gasteiger partial charge in [0.05, 0.1) is 13.2 Å². The van der Waals surface area contributed by atoms with Crippen LogP contribution in [0.25, 0.3) is 0 Å². The summed E-state index contributed by atoms with van der Waals surface area (Å²) in [5, 5.41) is 3.06. The highest BCUT2D eigenvalue weighted by atomic mass is 19.4. The smallest absolute Gasteiger partial charge is 0.370 e. The van der Waals surface area contributed by atoms with Crippen molar-refractivity contribution in [3.8, 4) is 0 Å². The van der Waals surface area contributed by atoms with Crippen molar-refractivity contribution in [3.63, 3.8) is 0 Å². The third kappa shape index (κ3) is 8.02. The van der Waals surface area contributed by atoms with Gasteiger partial charge in [0.15, 0.2) is 5.96 Å². The van der Waals surface area contributed by atoms with Crippen LogP contribution in [0.3, 0.4) is 0 Å². The topological polar surface area (TPSA) is 59.6 Å². The van der Waals surface area contributed by atoms with Gasteiger partial charge in [-0.05, 0) is 23.1 Å². The van der Waals surface area contributed by atoms with Crippen LogP contribution in [0.2, 0.25) is 0 Å². The number of nitrogens with two attached hydrogens (primary N) is 1. The van der Waals surface area contributed by atoms with Crippen LogP contribution in [0.1, 0.15) is 16.7 Å². The molecule has 4 nitrogen and oxygen atoms in total. The minimum absolute atomic E-state index is 0.0771. The molecule has 0 spiro atoms. The van der Waals surface area contributed by atoms with Crippen molar-refractivity contribution in [2.75, 3.05) is 13.2 Å². The minimum Gasteiger partial charge on any atom is -0.370 e. The molecule has 2 aromatic carbocycles. The average Bonchev–Trinajstić information content (AvgIpc) is 2.61. The Morgan fingerprint density at radius 2 is 1.62 bits per heavy atom. The van der Waals surface area contributed by atoms with Crippen LogP contribution in [0.5, 0.6) is 0 Å². The maximum Gasteiger partial charge on any atom is 0.411 e. The summed E-state index contributed by atoms with van der Waals surface area (Å²) in [6.07, 6.45) is -3.45. The maximum atomic E-state index is 12.0. The van der Waals surface area contributed by atoms with Gasteiger partial charge in [-0.3, -0.25) is 0 Å². The van der Waals surface area contributed by atoms with Gasteiger partial charge in [-0.25, -0.2) is 4.99 Å². The lowest BCUT2D eigenvalue weighted by atomic mass is 10.1. The van der Waals surface area contributed by atoms with E-state index in [4.69, 9.17) is 5.73 Å². The summed E-state index contributed by atoms with van der Waals surface area (Å²) in [7, 11) is 0. The molecule has 7 heteroatoms. The fraction of sp³-hybridized carbons (Fsp3) is 0.316. The monoisotopic (exact) mass is 365 g/mol. The van der Waals surface area contributed by atoms with Crippen molar-refractivity contribution in [2.24, 2.45) is 10.7 Å². The first kappa shape index (κ1) is 19.8. The largest absolute Gasteiger partial charge is 0.411 e. The summed E-state index contributed by atoms with van der Waals surface area (Å²) in [6, 6.07) is 17.1. The number of aliphatic imine (C=N–C) groups is 1. The Morgan fingerprint density at radius 1 is 0.962 bits per heavy atom. The van der Waals surface area contributed by atoms with Gasteiger partial charge in [0.2, 0.25) is 0 Å². The van der Waals surface area contributed by atoms with E-state index in [9.17, 15) is 13.2 Å². The van der Waals surface area contributed by atoms with Gasteiger partial charge in [-0.2, -0.15) is 13.2 Å². The van der Waals surface area contributed by atoms with E-state index in [0.717, 1.165) is 12.0 Å². The van der Waals surface area contributed by atoms with Gasteiger partial charge in [-0.15, -0.1) is 0 Å². The molecule has 2 aromatic rings. The van der Waals surface area contributed by atoms with E-state index in [-0.39, 0.29) is 6.61 Å². The summed E-state index contributed by atoms with van der Waals surface area (Å²) in [5.74, 6) is 0.360. The molecule has 2 rings (SSSR count). The van der Waals surface area contributed by atoms with Crippen molar-refractivity contribution in [3.05, 3.63) is 71.3 Å². The number of guanidine groups is 1. The van der Waals surface area contributed by atoms with Gasteiger partial charge in [0, 0.05) is 6.54 Å². The Balaban J connectivity index is 1.71. The zero-order chi connectivity index (χ0) is 18.8. The van der Waals surface area contributed by atoms with Gasteiger partial charge < -0.3 is 15.8 Å². The van der Waals surface area contributed by atoms with Crippen LogP contribution in [0.15, 0.2) is 59.6 Å². The lowest BCUT2D eigenvalue weighted by Gasteiger charge is -2.08. The second-order valence-corrected chi connectivity index (χ2v) is 5.79. The first-order valence-electron chi connectivity index (χ1n) is 8.22. The highest BCUT2D eigenvalue weighted by Crippen LogP contribution is 2.16. The highest BCUT2D eigenvalue weighted by Gasteiger charge is 2.27. The number of hydrogen-bond acceptors (Lipinski definition) is 2. The second kappa shape index (κ2) is 9.82. The Morgan fingerprint density at radius 3 is 2.27 bits per heavy atom. The molecule has 26 heavy (non-hydrogen) atoms. The van der Waals surface area contributed by atoms with E-state index in [2.05, 4.69) is 27.2 Å². The van der Waals surface area contributed by atoms with E-state index in [1.54, 1.807) is 24.3 Å². The quantitative estimate of drug-likeness (QED) is 0.557. The third-order valence-corrected chi connectivity index (χ3v) is 3.55. The van der Waals surface area contributed by atoms with Crippen LogP contribution < -0.4 is 11.1 Å². The Labute approximate surface area is 150 Å². The molecule has 0 saturated carbocycles. The molecular formula is C19H22F3N3O. The average molecular weight is 365 g/mol. The predicted molar refractivity (Wildman–Crippen MR) is 95.6 cm³/mol. The number of ether oxygens (including phenoxy) is 1. The van der Waals surface area contributed by atoms with E-state index >= 15 is 0 Å². The first-order chi connectivity index (χ1) is 12.4. The van der Waals surface area contributed by atoms with Crippen molar-refractivity contribution in [1.82, 2.24) is 5.32 Å². The summed E-state index contributed by atoms with van der Waals surface area (Å²) in [4.78, 5) is 4.25. The van der Waals surface area contributed by atoms with Crippen LogP contribution in [-0.4, -0.2) is 25.3 Å². The van der Waals surface area contributed by atoms with Gasteiger partial charge in [0.25, 0.3) is 0 Å². The van der Waals surface area contributed by atoms with Crippen LogP contribution in [0, 0.1) is 0 Å². The summed E-state index contributed by atoms with van der Waals surface area (Å²) < 4.78 is 40.7. The number of rotatable bonds is 8. The zero-order valence-corrected chi connectivity index (χ0v) is 14.3. The van der Waals surface area contributed by atoms with E-state index < -0.39 is 12.8 Å². The van der Waals surface area contributed by atoms with Crippen LogP contribution in [-0.2, 0) is 24.3 Å². The number of nitrogens with one attached hydrogen (secondary N) is 1. The molecule has 0 amide bonds. The van der Waals surface area contributed by atoms with Gasteiger partial charge >= 0.3 is 6.18 Å². The molecule has 0 unspecified atom stereocenters. The number of hydrogen-bond donors (Lipinski definition) is 2. The van der Waals surface area contributed by atoms with Crippen molar-refractivity contribution in [2.45, 2.75) is 25.7 Å². The number of nitrogens with zero attached hydrogens (tertiary/aromatic N) is 1. The lowest BCUT2D eigenvalue weighted by molar-refractivity contribution is -0.176. The fourth-order valence-corrected chi connectivity index (χ4v) is 2.24. The standard InChI is InChI=1S/C19H22F3N3O/c20-19(21,22)14-26-13-17-8-6-16(7-9-17)12-25-18(23)24-11-10-15-4-2-1-3-5-15/h1-9H,10-14H2,(H3,23,24,25). The molecule has 3 N–H and O–H groups in total. The molecule has 0 bridgehead atoms. The molecule has 0 aromatic heterocycles. The minimum atomic E-state index is -4.31. The molecule has 0 heterocycles. The number of benzene rings is 2. The SMILES string of the molecule is NC(=NCc1ccc(COCC(F)(F)F)cc1)NCCc1ccccc1. The molecule has 0 radical (unpaired) electrons. The maximum absolute atomic E-state index is 12.0. The Kier molecular flexibility index (Phi) is 7.47. The molecule has 140 valence electrons. The molecule has 0 aliphatic heterocycles. The Bertz CT molecular complexity index is 685. The number of alkyl halides is 3. The van der Waals surface area contributed by atoms with Crippen molar-refractivity contribution >= 4 is 5.96 Å². The number of halogens is 3. The molecule has 0 saturated heterocycles. The molecular weight excluding hydrogens is 343 g/mol. The van der Waals surface area contributed by atoms with Crippen LogP contribution >= 0.6 is 0 Å². The summed E-state index contributed by atoms with van der Waals surface area (Å²) in [6.45, 7) is -0.237.